The van der Waals surface area contributed by atoms with Crippen molar-refractivity contribution in [2.75, 3.05) is 24.5 Å². The van der Waals surface area contributed by atoms with Crippen molar-refractivity contribution in [3.05, 3.63) is 17.3 Å². The molecule has 6 nitrogen and oxygen atoms in total. The predicted octanol–water partition coefficient (Wildman–Crippen LogP) is 2.56. The Balaban J connectivity index is 2.06. The third-order valence-corrected chi connectivity index (χ3v) is 4.07. The van der Waals surface area contributed by atoms with Crippen LogP contribution in [-0.2, 0) is 4.74 Å². The summed E-state index contributed by atoms with van der Waals surface area (Å²) in [5.41, 5.74) is 1.24. The first-order chi connectivity index (χ1) is 11.4. The van der Waals surface area contributed by atoms with E-state index >= 15 is 0 Å². The summed E-state index contributed by atoms with van der Waals surface area (Å²) in [6.07, 6.45) is 1.94. The smallest absolute Gasteiger partial charge is 0.342 e. The number of carbonyl (C=O) groups is 1. The topological polar surface area (TPSA) is 67.3 Å². The number of nitrogens with zero attached hydrogens (tertiary/aromatic N) is 3. The van der Waals surface area contributed by atoms with E-state index in [4.69, 9.17) is 4.74 Å². The number of aryl methyl sites for hydroxylation is 1. The van der Waals surface area contributed by atoms with Crippen LogP contribution in [0.4, 0.5) is 5.82 Å². The van der Waals surface area contributed by atoms with Crippen LogP contribution in [0, 0.1) is 12.8 Å². The molecule has 0 radical (unpaired) electrons. The number of anilines is 1. The quantitative estimate of drug-likeness (QED) is 0.807. The van der Waals surface area contributed by atoms with Crippen molar-refractivity contribution < 1.29 is 9.53 Å². The van der Waals surface area contributed by atoms with Crippen molar-refractivity contribution in [2.24, 2.45) is 5.92 Å². The molecule has 0 aliphatic carbocycles. The zero-order chi connectivity index (χ0) is 17.7. The van der Waals surface area contributed by atoms with Crippen LogP contribution < -0.4 is 10.2 Å². The highest BCUT2D eigenvalue weighted by Crippen LogP contribution is 2.23. The Hall–Kier alpha value is -1.69. The number of ether oxygens (including phenoxy) is 1. The first-order valence-electron chi connectivity index (χ1n) is 8.90. The normalized spacial score (nSPS) is 16.0. The second-order valence-corrected chi connectivity index (χ2v) is 7.24. The molecule has 0 spiro atoms. The molecule has 6 heteroatoms. The van der Waals surface area contributed by atoms with Gasteiger partial charge in [-0.25, -0.2) is 4.79 Å². The van der Waals surface area contributed by atoms with E-state index in [1.165, 1.54) is 0 Å². The standard InChI is InChI=1S/C18H30N4O2/c1-12(2)11-19-15-6-8-22(9-7-15)17-16(10-14(5)20-21-17)18(23)24-13(3)4/h10,12-13,15,19H,6-9,11H2,1-5H3. The summed E-state index contributed by atoms with van der Waals surface area (Å²) < 4.78 is 5.36. The molecule has 0 atom stereocenters. The summed E-state index contributed by atoms with van der Waals surface area (Å²) in [7, 11) is 0. The lowest BCUT2D eigenvalue weighted by Crippen LogP contribution is -2.44. The first kappa shape index (κ1) is 18.6. The van der Waals surface area contributed by atoms with Crippen LogP contribution in [-0.4, -0.2) is 47.9 Å². The fourth-order valence-corrected chi connectivity index (χ4v) is 2.84. The molecule has 1 saturated heterocycles. The van der Waals surface area contributed by atoms with Gasteiger partial charge in [-0.2, -0.15) is 5.10 Å². The molecule has 0 amide bonds. The van der Waals surface area contributed by atoms with E-state index in [-0.39, 0.29) is 12.1 Å². The van der Waals surface area contributed by atoms with Crippen molar-refractivity contribution in [1.82, 2.24) is 15.5 Å². The van der Waals surface area contributed by atoms with Crippen molar-refractivity contribution in [3.8, 4) is 0 Å². The number of esters is 1. The number of piperidine rings is 1. The van der Waals surface area contributed by atoms with Crippen molar-refractivity contribution >= 4 is 11.8 Å². The van der Waals surface area contributed by atoms with Gasteiger partial charge in [0.05, 0.1) is 11.8 Å². The monoisotopic (exact) mass is 334 g/mol. The second kappa shape index (κ2) is 8.42. The Morgan fingerprint density at radius 1 is 1.29 bits per heavy atom. The third-order valence-electron chi connectivity index (χ3n) is 4.07. The van der Waals surface area contributed by atoms with Crippen molar-refractivity contribution in [3.63, 3.8) is 0 Å². The van der Waals surface area contributed by atoms with Crippen LogP contribution >= 0.6 is 0 Å². The molecule has 1 aromatic heterocycles. The Labute approximate surface area is 145 Å². The van der Waals surface area contributed by atoms with Gasteiger partial charge in [0.15, 0.2) is 5.82 Å². The Bertz CT molecular complexity index is 552. The molecule has 24 heavy (non-hydrogen) atoms. The van der Waals surface area contributed by atoms with Gasteiger partial charge in [0.25, 0.3) is 0 Å². The number of hydrogen-bond acceptors (Lipinski definition) is 6. The Morgan fingerprint density at radius 3 is 2.54 bits per heavy atom. The minimum Gasteiger partial charge on any atom is -0.459 e. The molecular weight excluding hydrogens is 304 g/mol. The number of nitrogens with one attached hydrogen (secondary N) is 1. The average molecular weight is 334 g/mol. The lowest BCUT2D eigenvalue weighted by Gasteiger charge is -2.34. The maximum Gasteiger partial charge on any atom is 0.342 e. The summed E-state index contributed by atoms with van der Waals surface area (Å²) >= 11 is 0. The number of carbonyl (C=O) groups excluding carboxylic acids is 1. The lowest BCUT2D eigenvalue weighted by atomic mass is 10.0. The van der Waals surface area contributed by atoms with Crippen LogP contribution in [0.25, 0.3) is 0 Å². The summed E-state index contributed by atoms with van der Waals surface area (Å²) in [4.78, 5) is 14.5. The van der Waals surface area contributed by atoms with Gasteiger partial charge in [-0.15, -0.1) is 5.10 Å². The molecule has 1 aliphatic heterocycles. The van der Waals surface area contributed by atoms with Gasteiger partial charge >= 0.3 is 5.97 Å². The first-order valence-corrected chi connectivity index (χ1v) is 8.90. The molecule has 0 bridgehead atoms. The van der Waals surface area contributed by atoms with Gasteiger partial charge in [-0.1, -0.05) is 13.8 Å². The molecule has 2 heterocycles. The SMILES string of the molecule is Cc1cc(C(=O)OC(C)C)c(N2CCC(NCC(C)C)CC2)nn1. The van der Waals surface area contributed by atoms with E-state index in [1.807, 2.05) is 20.8 Å². The van der Waals surface area contributed by atoms with Gasteiger partial charge in [-0.05, 0) is 52.1 Å². The van der Waals surface area contributed by atoms with E-state index in [9.17, 15) is 4.79 Å². The van der Waals surface area contributed by atoms with E-state index in [0.29, 0.717) is 23.3 Å². The van der Waals surface area contributed by atoms with Crippen molar-refractivity contribution in [2.45, 2.75) is 59.6 Å². The molecule has 2 rings (SSSR count). The molecule has 0 unspecified atom stereocenters. The highest BCUT2D eigenvalue weighted by atomic mass is 16.5. The molecule has 0 aromatic carbocycles. The minimum atomic E-state index is -0.321. The molecule has 0 saturated carbocycles. The van der Waals surface area contributed by atoms with Gasteiger partial charge in [-0.3, -0.25) is 0 Å². The van der Waals surface area contributed by atoms with E-state index in [2.05, 4.69) is 34.3 Å². The highest BCUT2D eigenvalue weighted by molar-refractivity contribution is 5.95. The van der Waals surface area contributed by atoms with E-state index in [0.717, 1.165) is 38.2 Å². The van der Waals surface area contributed by atoms with Crippen LogP contribution in [0.2, 0.25) is 0 Å². The highest BCUT2D eigenvalue weighted by Gasteiger charge is 2.25. The minimum absolute atomic E-state index is 0.148. The molecule has 1 aliphatic rings. The van der Waals surface area contributed by atoms with Crippen LogP contribution in [0.1, 0.15) is 56.6 Å². The fraction of sp³-hybridized carbons (Fsp3) is 0.722. The average Bonchev–Trinajstić information content (AvgIpc) is 2.53. The third kappa shape index (κ3) is 5.16. The lowest BCUT2D eigenvalue weighted by molar-refractivity contribution is 0.0377. The van der Waals surface area contributed by atoms with Gasteiger partial charge in [0.2, 0.25) is 0 Å². The van der Waals surface area contributed by atoms with Gasteiger partial charge < -0.3 is 15.0 Å². The largest absolute Gasteiger partial charge is 0.459 e. The maximum absolute atomic E-state index is 12.4. The maximum atomic E-state index is 12.4. The zero-order valence-electron chi connectivity index (χ0n) is 15.5. The van der Waals surface area contributed by atoms with Crippen LogP contribution in [0.3, 0.4) is 0 Å². The van der Waals surface area contributed by atoms with E-state index in [1.54, 1.807) is 6.07 Å². The second-order valence-electron chi connectivity index (χ2n) is 7.24. The predicted molar refractivity (Wildman–Crippen MR) is 95.4 cm³/mol. The number of hydrogen-bond donors (Lipinski definition) is 1. The van der Waals surface area contributed by atoms with Gasteiger partial charge in [0, 0.05) is 19.1 Å². The summed E-state index contributed by atoms with van der Waals surface area (Å²) in [6, 6.07) is 2.31. The molecule has 1 N–H and O–H groups in total. The van der Waals surface area contributed by atoms with Crippen molar-refractivity contribution in [1.29, 1.82) is 0 Å². The summed E-state index contributed by atoms with van der Waals surface area (Å²) in [5.74, 6) is 0.981. The Morgan fingerprint density at radius 2 is 1.96 bits per heavy atom. The molecule has 134 valence electrons. The number of aromatic nitrogens is 2. The fourth-order valence-electron chi connectivity index (χ4n) is 2.84. The van der Waals surface area contributed by atoms with E-state index < -0.39 is 0 Å². The molecule has 1 fully saturated rings. The molecule has 1 aromatic rings. The summed E-state index contributed by atoms with van der Waals surface area (Å²) in [6.45, 7) is 12.8. The Kier molecular flexibility index (Phi) is 6.54. The van der Waals surface area contributed by atoms with Crippen LogP contribution in [0.15, 0.2) is 6.07 Å². The summed E-state index contributed by atoms with van der Waals surface area (Å²) in [5, 5.41) is 12.0. The van der Waals surface area contributed by atoms with Crippen LogP contribution in [0.5, 0.6) is 0 Å². The van der Waals surface area contributed by atoms with Gasteiger partial charge in [0.1, 0.15) is 5.56 Å². The number of rotatable bonds is 6. The zero-order valence-corrected chi connectivity index (χ0v) is 15.5. The molecular formula is C18H30N4O2.